The Kier molecular flexibility index (Phi) is 8.08. The Labute approximate surface area is 263 Å². The summed E-state index contributed by atoms with van der Waals surface area (Å²) in [6, 6.07) is 9.29. The highest BCUT2D eigenvalue weighted by Crippen LogP contribution is 2.44. The molecular formula is C26H19N5O13S3. The zero-order valence-corrected chi connectivity index (χ0v) is 25.7. The molecule has 0 fully saturated rings. The van der Waals surface area contributed by atoms with Gasteiger partial charge in [0.15, 0.2) is 5.75 Å². The lowest BCUT2D eigenvalue weighted by Crippen LogP contribution is -2.07. The van der Waals surface area contributed by atoms with E-state index in [1.165, 1.54) is 25.1 Å². The van der Waals surface area contributed by atoms with Gasteiger partial charge in [-0.05, 0) is 53.9 Å². The van der Waals surface area contributed by atoms with Crippen LogP contribution in [0.1, 0.15) is 17.3 Å². The van der Waals surface area contributed by atoms with Crippen LogP contribution in [0, 0.1) is 0 Å². The van der Waals surface area contributed by atoms with Gasteiger partial charge in [-0.1, -0.05) is 6.07 Å². The van der Waals surface area contributed by atoms with E-state index in [1.54, 1.807) is 0 Å². The van der Waals surface area contributed by atoms with Crippen molar-refractivity contribution in [2.24, 2.45) is 10.2 Å². The first kappa shape index (κ1) is 33.1. The van der Waals surface area contributed by atoms with Crippen LogP contribution in [0.5, 0.6) is 5.75 Å². The number of aromatic carboxylic acids is 1. The zero-order valence-electron chi connectivity index (χ0n) is 23.3. The zero-order chi connectivity index (χ0) is 34.6. The highest BCUT2D eigenvalue weighted by Gasteiger charge is 2.26. The molecule has 7 N–H and O–H groups in total. The number of benzene rings is 4. The summed E-state index contributed by atoms with van der Waals surface area (Å²) in [5.74, 6) is -3.19. The first-order chi connectivity index (χ1) is 21.8. The first-order valence-corrected chi connectivity index (χ1v) is 16.9. The maximum Gasteiger partial charge on any atom is 0.338 e. The number of nitrogens with one attached hydrogen (secondary N) is 2. The summed E-state index contributed by atoms with van der Waals surface area (Å²) in [6.45, 7) is 1.19. The number of H-pyrrole nitrogens is 1. The van der Waals surface area contributed by atoms with E-state index >= 15 is 0 Å². The monoisotopic (exact) mass is 705 g/mol. The average molecular weight is 706 g/mol. The Morgan fingerprint density at radius 2 is 1.51 bits per heavy atom. The first-order valence-electron chi connectivity index (χ1n) is 12.6. The largest absolute Gasteiger partial charge is 0.505 e. The number of azo groups is 1. The van der Waals surface area contributed by atoms with E-state index in [9.17, 15) is 58.7 Å². The number of phenols is 1. The van der Waals surface area contributed by atoms with Crippen LogP contribution in [0.4, 0.5) is 17.1 Å². The predicted molar refractivity (Wildman–Crippen MR) is 162 cm³/mol. The van der Waals surface area contributed by atoms with Crippen molar-refractivity contribution in [1.29, 1.82) is 0 Å². The number of carboxylic acid groups (broad SMARTS) is 1. The van der Waals surface area contributed by atoms with Crippen LogP contribution < -0.4 is 5.32 Å². The lowest BCUT2D eigenvalue weighted by Gasteiger charge is -2.10. The van der Waals surface area contributed by atoms with Crippen LogP contribution in [0.2, 0.25) is 0 Å². The lowest BCUT2D eigenvalue weighted by atomic mass is 10.1. The van der Waals surface area contributed by atoms with Crippen molar-refractivity contribution in [2.75, 3.05) is 5.32 Å². The molecule has 21 heteroatoms. The van der Waals surface area contributed by atoms with Crippen molar-refractivity contribution >= 4 is 81.1 Å². The van der Waals surface area contributed by atoms with Crippen molar-refractivity contribution in [3.63, 3.8) is 0 Å². The van der Waals surface area contributed by atoms with Gasteiger partial charge in [-0.2, -0.15) is 25.3 Å². The van der Waals surface area contributed by atoms with Gasteiger partial charge in [0.05, 0.1) is 21.4 Å². The number of carboxylic acids is 1. The fraction of sp³-hybridized carbons (Fsp3) is 0.0385. The van der Waals surface area contributed by atoms with Gasteiger partial charge >= 0.3 is 5.97 Å². The van der Waals surface area contributed by atoms with Gasteiger partial charge in [0.2, 0.25) is 5.91 Å². The third kappa shape index (κ3) is 6.51. The second kappa shape index (κ2) is 11.5. The number of nitrogens with zero attached hydrogens (tertiary/aromatic N) is 3. The van der Waals surface area contributed by atoms with Gasteiger partial charge in [-0.3, -0.25) is 18.5 Å². The molecule has 244 valence electrons. The number of carbonyl (C=O) groups excluding carboxylic acids is 1. The molecule has 18 nitrogen and oxygen atoms in total. The van der Waals surface area contributed by atoms with Crippen LogP contribution >= 0.6 is 0 Å². The minimum Gasteiger partial charge on any atom is -0.505 e. The molecule has 0 spiro atoms. The third-order valence-electron chi connectivity index (χ3n) is 6.53. The number of aromatic nitrogens is 2. The van der Waals surface area contributed by atoms with Crippen LogP contribution in [-0.4, -0.2) is 71.0 Å². The van der Waals surface area contributed by atoms with Crippen molar-refractivity contribution in [2.45, 2.75) is 21.6 Å². The molecular weight excluding hydrogens is 687 g/mol. The topological polar surface area (TPSA) is 303 Å². The van der Waals surface area contributed by atoms with Gasteiger partial charge in [0, 0.05) is 18.2 Å². The molecule has 0 radical (unpaired) electrons. The Morgan fingerprint density at radius 3 is 2.11 bits per heavy atom. The van der Waals surface area contributed by atoms with Crippen LogP contribution in [0.25, 0.3) is 33.2 Å². The summed E-state index contributed by atoms with van der Waals surface area (Å²) < 4.78 is 101. The molecule has 0 aliphatic rings. The number of amides is 1. The SMILES string of the molecule is CC(=O)Nc1ccc(N=Nc2c(S(=O)(=O)O)cc3ccc4[nH]c(-c5ccc(S(=O)(=O)O)cc5S(=O)(=O)O)nc4c3c2O)c(C(=O)O)c1. The molecule has 1 heterocycles. The molecule has 0 atom stereocenters. The summed E-state index contributed by atoms with van der Waals surface area (Å²) in [5.41, 5.74) is -1.92. The second-order valence-corrected chi connectivity index (χ2v) is 13.9. The van der Waals surface area contributed by atoms with E-state index in [0.717, 1.165) is 30.3 Å². The fourth-order valence-corrected chi connectivity index (χ4v) is 6.53. The summed E-state index contributed by atoms with van der Waals surface area (Å²) in [4.78, 5) is 27.5. The minimum atomic E-state index is -5.10. The van der Waals surface area contributed by atoms with Gasteiger partial charge in [-0.25, -0.2) is 9.78 Å². The summed E-state index contributed by atoms with van der Waals surface area (Å²) in [5, 5.41) is 30.6. The van der Waals surface area contributed by atoms with Crippen molar-refractivity contribution in [3.8, 4) is 17.1 Å². The minimum absolute atomic E-state index is 0.0257. The standard InChI is InChI=1S/C26H19N5O13S3/c1-11(32)27-13-3-7-17(16(9-13)26(34)35)30-31-23-20(47(42,43)44)8-12-2-6-18-22(21(12)24(23)33)29-25(28-18)15-5-4-14(45(36,37)38)10-19(15)46(39,40)41/h2-10,33H,1H3,(H,27,32)(H,28,29)(H,34,35)(H,36,37,38)(H,39,40,41)(H,42,43,44). The van der Waals surface area contributed by atoms with Gasteiger partial charge in [0.1, 0.15) is 32.5 Å². The molecule has 0 aliphatic carbocycles. The number of rotatable bonds is 8. The number of hydrogen-bond acceptors (Lipinski definition) is 12. The Morgan fingerprint density at radius 1 is 0.830 bits per heavy atom. The van der Waals surface area contributed by atoms with E-state index in [2.05, 4.69) is 25.5 Å². The predicted octanol–water partition coefficient (Wildman–Crippen LogP) is 3.90. The maximum atomic E-state index is 12.3. The maximum absolute atomic E-state index is 12.3. The molecule has 4 aromatic carbocycles. The lowest BCUT2D eigenvalue weighted by molar-refractivity contribution is -0.114. The average Bonchev–Trinajstić information content (AvgIpc) is 3.39. The quantitative estimate of drug-likeness (QED) is 0.0890. The summed E-state index contributed by atoms with van der Waals surface area (Å²) in [7, 11) is -15.1. The summed E-state index contributed by atoms with van der Waals surface area (Å²) in [6.07, 6.45) is 0. The third-order valence-corrected chi connectivity index (χ3v) is 9.15. The van der Waals surface area contributed by atoms with Gasteiger partial charge in [0.25, 0.3) is 30.4 Å². The van der Waals surface area contributed by atoms with Crippen LogP contribution in [0.3, 0.4) is 0 Å². The Balaban J connectivity index is 1.75. The molecule has 0 saturated carbocycles. The number of anilines is 1. The van der Waals surface area contributed by atoms with Crippen molar-refractivity contribution < 1.29 is 58.7 Å². The molecule has 0 unspecified atom stereocenters. The number of aromatic amines is 1. The van der Waals surface area contributed by atoms with Crippen molar-refractivity contribution in [3.05, 3.63) is 60.2 Å². The van der Waals surface area contributed by atoms with E-state index in [-0.39, 0.29) is 44.6 Å². The van der Waals surface area contributed by atoms with Crippen LogP contribution in [0.15, 0.2) is 79.5 Å². The fourth-order valence-electron chi connectivity index (χ4n) is 4.58. The number of phenolic OH excluding ortho intramolecular Hbond substituents is 1. The molecule has 0 saturated heterocycles. The van der Waals surface area contributed by atoms with Crippen LogP contribution in [-0.2, 0) is 35.1 Å². The second-order valence-electron chi connectivity index (χ2n) is 9.72. The Hall–Kier alpha value is -5.32. The number of hydrogen-bond donors (Lipinski definition) is 7. The number of aromatic hydroxyl groups is 1. The highest BCUT2D eigenvalue weighted by molar-refractivity contribution is 7.86. The molecule has 47 heavy (non-hydrogen) atoms. The normalized spacial score (nSPS) is 12.6. The Bertz CT molecular complexity index is 2540. The number of carbonyl (C=O) groups is 2. The molecule has 0 bridgehead atoms. The van der Waals surface area contributed by atoms with Gasteiger partial charge in [-0.15, -0.1) is 10.2 Å². The number of fused-ring (bicyclic) bond motifs is 3. The molecule has 5 rings (SSSR count). The summed E-state index contributed by atoms with van der Waals surface area (Å²) >= 11 is 0. The van der Waals surface area contributed by atoms with E-state index < -0.39 is 73.9 Å². The van der Waals surface area contributed by atoms with E-state index in [0.29, 0.717) is 6.07 Å². The van der Waals surface area contributed by atoms with Crippen molar-refractivity contribution in [1.82, 2.24) is 9.97 Å². The van der Waals surface area contributed by atoms with Gasteiger partial charge < -0.3 is 20.5 Å². The molecule has 1 aromatic heterocycles. The number of imidazole rings is 1. The molecule has 5 aromatic rings. The highest BCUT2D eigenvalue weighted by atomic mass is 32.2. The molecule has 1 amide bonds. The molecule has 0 aliphatic heterocycles. The smallest absolute Gasteiger partial charge is 0.338 e. The van der Waals surface area contributed by atoms with E-state index in [1.807, 2.05) is 0 Å². The van der Waals surface area contributed by atoms with E-state index in [4.69, 9.17) is 0 Å².